The molecule has 1 fully saturated rings. The zero-order valence-corrected chi connectivity index (χ0v) is 18.5. The maximum absolute atomic E-state index is 13.4. The van der Waals surface area contributed by atoms with Crippen molar-refractivity contribution in [2.75, 3.05) is 19.7 Å². The molecular weight excluding hydrogens is 402 g/mol. The minimum Gasteiger partial charge on any atom is -0.475 e. The molecule has 0 saturated carbocycles. The van der Waals surface area contributed by atoms with Crippen molar-refractivity contribution in [2.24, 2.45) is 4.99 Å². The smallest absolute Gasteiger partial charge is 0.276 e. The number of hydrogen-bond donors (Lipinski definition) is 0. The van der Waals surface area contributed by atoms with Crippen molar-refractivity contribution in [2.45, 2.75) is 38.6 Å². The molecule has 0 spiro atoms. The monoisotopic (exact) mass is 429 g/mol. The van der Waals surface area contributed by atoms with Crippen LogP contribution in [0.2, 0.25) is 0 Å². The van der Waals surface area contributed by atoms with Gasteiger partial charge in [0.2, 0.25) is 11.8 Å². The molecule has 32 heavy (non-hydrogen) atoms. The topological polar surface area (TPSA) is 67.9 Å². The third-order valence-corrected chi connectivity index (χ3v) is 5.85. The van der Waals surface area contributed by atoms with E-state index >= 15 is 0 Å². The van der Waals surface area contributed by atoms with E-state index in [0.717, 1.165) is 49.0 Å². The van der Waals surface area contributed by atoms with Gasteiger partial charge in [-0.05, 0) is 57.4 Å². The molecule has 2 aliphatic rings. The molecule has 3 aromatic rings. The Morgan fingerprint density at radius 1 is 0.906 bits per heavy atom. The van der Waals surface area contributed by atoms with Gasteiger partial charge in [0.05, 0.1) is 5.54 Å². The van der Waals surface area contributed by atoms with E-state index in [0.29, 0.717) is 29.8 Å². The van der Waals surface area contributed by atoms with E-state index in [1.807, 2.05) is 73.3 Å². The summed E-state index contributed by atoms with van der Waals surface area (Å²) in [5, 5.41) is 0. The zero-order chi connectivity index (χ0) is 22.1. The summed E-state index contributed by atoms with van der Waals surface area (Å²) < 4.78 is 11.9. The lowest BCUT2D eigenvalue weighted by molar-refractivity contribution is 0.0719. The highest BCUT2D eigenvalue weighted by atomic mass is 16.5. The van der Waals surface area contributed by atoms with Gasteiger partial charge in [-0.2, -0.15) is 0 Å². The Balaban J connectivity index is 1.52. The van der Waals surface area contributed by atoms with E-state index in [2.05, 4.69) is 9.98 Å². The van der Waals surface area contributed by atoms with Gasteiger partial charge in [0.15, 0.2) is 11.5 Å². The van der Waals surface area contributed by atoms with E-state index < -0.39 is 0 Å². The van der Waals surface area contributed by atoms with Crippen LogP contribution in [0.5, 0.6) is 0 Å². The van der Waals surface area contributed by atoms with Gasteiger partial charge in [0, 0.05) is 29.8 Å². The van der Waals surface area contributed by atoms with Crippen molar-refractivity contribution in [3.8, 4) is 22.8 Å². The number of rotatable bonds is 4. The standard InChI is InChI=1S/C26H27N3O3/c1-26(2)17-31-24(28-26)20-13-11-18(12-14-20)22-21(25(30)29-15-7-4-8-16-29)27-23(32-22)19-9-5-3-6-10-19/h3,5-6,9-14H,4,7-8,15-17H2,1-2H3. The minimum atomic E-state index is -0.211. The second kappa shape index (κ2) is 8.26. The summed E-state index contributed by atoms with van der Waals surface area (Å²) in [6.07, 6.45) is 3.21. The van der Waals surface area contributed by atoms with Gasteiger partial charge < -0.3 is 14.1 Å². The molecule has 1 aromatic heterocycles. The highest BCUT2D eigenvalue weighted by Gasteiger charge is 2.29. The van der Waals surface area contributed by atoms with Crippen LogP contribution in [0.25, 0.3) is 22.8 Å². The molecule has 0 N–H and O–H groups in total. The van der Waals surface area contributed by atoms with Gasteiger partial charge in [-0.3, -0.25) is 4.79 Å². The van der Waals surface area contributed by atoms with E-state index in [4.69, 9.17) is 9.15 Å². The fourth-order valence-corrected chi connectivity index (χ4v) is 4.11. The first kappa shape index (κ1) is 20.5. The summed E-state index contributed by atoms with van der Waals surface area (Å²) >= 11 is 0. The molecule has 5 rings (SSSR count). The number of aromatic nitrogens is 1. The Labute approximate surface area is 187 Å². The van der Waals surface area contributed by atoms with Crippen LogP contribution in [-0.2, 0) is 4.74 Å². The summed E-state index contributed by atoms with van der Waals surface area (Å²) in [6, 6.07) is 17.5. The lowest BCUT2D eigenvalue weighted by Crippen LogP contribution is -2.36. The number of oxazole rings is 1. The number of hydrogen-bond acceptors (Lipinski definition) is 5. The Morgan fingerprint density at radius 2 is 1.59 bits per heavy atom. The van der Waals surface area contributed by atoms with Gasteiger partial charge in [0.25, 0.3) is 5.91 Å². The fraction of sp³-hybridized carbons (Fsp3) is 0.346. The second-order valence-electron chi connectivity index (χ2n) is 9.01. The van der Waals surface area contributed by atoms with Crippen molar-refractivity contribution in [3.63, 3.8) is 0 Å². The molecule has 1 saturated heterocycles. The molecule has 0 bridgehead atoms. The van der Waals surface area contributed by atoms with E-state index in [9.17, 15) is 4.79 Å². The number of ether oxygens (including phenoxy) is 1. The number of amides is 1. The van der Waals surface area contributed by atoms with Crippen molar-refractivity contribution >= 4 is 11.8 Å². The Morgan fingerprint density at radius 3 is 2.25 bits per heavy atom. The molecule has 0 radical (unpaired) electrons. The molecule has 1 amide bonds. The van der Waals surface area contributed by atoms with Crippen LogP contribution in [0.15, 0.2) is 64.0 Å². The first-order valence-electron chi connectivity index (χ1n) is 11.2. The maximum atomic E-state index is 13.4. The first-order valence-corrected chi connectivity index (χ1v) is 11.2. The highest BCUT2D eigenvalue weighted by Crippen LogP contribution is 2.32. The minimum absolute atomic E-state index is 0.0695. The second-order valence-corrected chi connectivity index (χ2v) is 9.01. The van der Waals surface area contributed by atoms with Crippen molar-refractivity contribution in [3.05, 3.63) is 65.9 Å². The Bertz CT molecular complexity index is 1140. The number of carbonyl (C=O) groups is 1. The predicted octanol–water partition coefficient (Wildman–Crippen LogP) is 5.19. The Hall–Kier alpha value is -3.41. The molecular formula is C26H27N3O3. The number of piperidine rings is 1. The van der Waals surface area contributed by atoms with E-state index in [1.54, 1.807) is 0 Å². The number of likely N-dealkylation sites (tertiary alicyclic amines) is 1. The van der Waals surface area contributed by atoms with Gasteiger partial charge in [-0.1, -0.05) is 30.3 Å². The molecule has 3 heterocycles. The van der Waals surface area contributed by atoms with E-state index in [-0.39, 0.29) is 11.4 Å². The third-order valence-electron chi connectivity index (χ3n) is 5.85. The van der Waals surface area contributed by atoms with Crippen LogP contribution < -0.4 is 0 Å². The summed E-state index contributed by atoms with van der Waals surface area (Å²) in [4.78, 5) is 24.5. The van der Waals surface area contributed by atoms with Crippen molar-refractivity contribution < 1.29 is 13.9 Å². The molecule has 2 aromatic carbocycles. The quantitative estimate of drug-likeness (QED) is 0.572. The average molecular weight is 430 g/mol. The van der Waals surface area contributed by atoms with Gasteiger partial charge in [-0.15, -0.1) is 0 Å². The molecule has 6 heteroatoms. The van der Waals surface area contributed by atoms with Gasteiger partial charge in [-0.25, -0.2) is 9.98 Å². The fourth-order valence-electron chi connectivity index (χ4n) is 4.11. The number of aliphatic imine (C=N–C) groups is 1. The lowest BCUT2D eigenvalue weighted by Gasteiger charge is -2.26. The van der Waals surface area contributed by atoms with Crippen LogP contribution in [0.3, 0.4) is 0 Å². The lowest BCUT2D eigenvalue weighted by atomic mass is 10.1. The molecule has 6 nitrogen and oxygen atoms in total. The SMILES string of the molecule is CC1(C)COC(c2ccc(-c3oc(-c4ccccc4)nc3C(=O)N3CCCCC3)cc2)=N1. The average Bonchev–Trinajstić information content (AvgIpc) is 3.43. The van der Waals surface area contributed by atoms with Crippen molar-refractivity contribution in [1.82, 2.24) is 9.88 Å². The van der Waals surface area contributed by atoms with Crippen LogP contribution in [0.1, 0.15) is 49.2 Å². The molecule has 0 atom stereocenters. The maximum Gasteiger partial charge on any atom is 0.276 e. The Kier molecular flexibility index (Phi) is 5.29. The number of carbonyl (C=O) groups excluding carboxylic acids is 1. The zero-order valence-electron chi connectivity index (χ0n) is 18.5. The summed E-state index contributed by atoms with van der Waals surface area (Å²) in [6.45, 7) is 6.19. The highest BCUT2D eigenvalue weighted by molar-refractivity contribution is 5.99. The summed E-state index contributed by atoms with van der Waals surface area (Å²) in [5.74, 6) is 1.53. The third kappa shape index (κ3) is 4.05. The molecule has 164 valence electrons. The first-order chi connectivity index (χ1) is 15.5. The van der Waals surface area contributed by atoms with Gasteiger partial charge >= 0.3 is 0 Å². The molecule has 0 aliphatic carbocycles. The predicted molar refractivity (Wildman–Crippen MR) is 124 cm³/mol. The van der Waals surface area contributed by atoms with Crippen LogP contribution in [-0.4, -0.2) is 46.9 Å². The summed E-state index contributed by atoms with van der Waals surface area (Å²) in [7, 11) is 0. The number of nitrogens with zero attached hydrogens (tertiary/aromatic N) is 3. The normalized spacial score (nSPS) is 17.7. The molecule has 2 aliphatic heterocycles. The van der Waals surface area contributed by atoms with Gasteiger partial charge in [0.1, 0.15) is 6.61 Å². The summed E-state index contributed by atoms with van der Waals surface area (Å²) in [5.41, 5.74) is 2.72. The van der Waals surface area contributed by atoms with E-state index in [1.165, 1.54) is 0 Å². The van der Waals surface area contributed by atoms with Crippen LogP contribution >= 0.6 is 0 Å². The van der Waals surface area contributed by atoms with Crippen LogP contribution in [0.4, 0.5) is 0 Å². The van der Waals surface area contributed by atoms with Crippen LogP contribution in [0, 0.1) is 0 Å². The van der Waals surface area contributed by atoms with Crippen molar-refractivity contribution in [1.29, 1.82) is 0 Å². The number of benzene rings is 2. The molecule has 0 unspecified atom stereocenters. The largest absolute Gasteiger partial charge is 0.475 e.